The number of hydrogen-bond donors (Lipinski definition) is 1. The summed E-state index contributed by atoms with van der Waals surface area (Å²) in [6.07, 6.45) is 1.09. The molecule has 0 radical (unpaired) electrons. The minimum Gasteiger partial charge on any atom is -0.481 e. The molecule has 0 amide bonds. The third-order valence-corrected chi connectivity index (χ3v) is 2.61. The van der Waals surface area contributed by atoms with E-state index < -0.39 is 5.97 Å². The fourth-order valence-electron chi connectivity index (χ4n) is 1.61. The lowest BCUT2D eigenvalue weighted by atomic mass is 9.93. The van der Waals surface area contributed by atoms with Crippen molar-refractivity contribution in [3.8, 4) is 0 Å². The normalized spacial score (nSPS) is 12.1. The van der Waals surface area contributed by atoms with Gasteiger partial charge in [-0.1, -0.05) is 43.7 Å². The molecule has 0 saturated carbocycles. The second-order valence-electron chi connectivity index (χ2n) is 3.87. The van der Waals surface area contributed by atoms with Gasteiger partial charge in [0.25, 0.3) is 0 Å². The van der Waals surface area contributed by atoms with Crippen LogP contribution in [0.4, 0.5) is 0 Å². The van der Waals surface area contributed by atoms with E-state index >= 15 is 0 Å². The molecule has 0 aliphatic heterocycles. The first-order chi connectivity index (χ1) is 7.63. The van der Waals surface area contributed by atoms with E-state index in [9.17, 15) is 9.59 Å². The Kier molecular flexibility index (Phi) is 4.70. The highest BCUT2D eigenvalue weighted by Crippen LogP contribution is 2.16. The highest BCUT2D eigenvalue weighted by molar-refractivity contribution is 5.96. The van der Waals surface area contributed by atoms with Gasteiger partial charge in [0.05, 0.1) is 0 Å². The number of Topliss-reactive ketones (excluding diaryl/α,β-unsaturated/α-hetero) is 1. The van der Waals surface area contributed by atoms with Crippen LogP contribution in [0.25, 0.3) is 0 Å². The molecule has 3 heteroatoms. The first-order valence-electron chi connectivity index (χ1n) is 5.43. The first kappa shape index (κ1) is 12.4. The zero-order chi connectivity index (χ0) is 12.0. The standard InChI is InChI=1S/C13H16O3/c1-2-10(9-13(15)16)8-12(14)11-6-4-3-5-7-11/h3-7,10H,2,8-9H2,1H3,(H,15,16). The summed E-state index contributed by atoms with van der Waals surface area (Å²) in [5.41, 5.74) is 0.659. The minimum absolute atomic E-state index is 0.0219. The summed E-state index contributed by atoms with van der Waals surface area (Å²) in [5, 5.41) is 8.69. The van der Waals surface area contributed by atoms with Gasteiger partial charge in [-0.05, 0) is 5.92 Å². The largest absolute Gasteiger partial charge is 0.481 e. The molecule has 16 heavy (non-hydrogen) atoms. The van der Waals surface area contributed by atoms with Crippen molar-refractivity contribution in [1.29, 1.82) is 0 Å². The van der Waals surface area contributed by atoms with Crippen LogP contribution in [0.15, 0.2) is 30.3 Å². The molecule has 1 aromatic carbocycles. The van der Waals surface area contributed by atoms with Crippen molar-refractivity contribution in [3.05, 3.63) is 35.9 Å². The van der Waals surface area contributed by atoms with Gasteiger partial charge in [-0.15, -0.1) is 0 Å². The third kappa shape index (κ3) is 3.85. The van der Waals surface area contributed by atoms with Crippen molar-refractivity contribution < 1.29 is 14.7 Å². The number of hydrogen-bond acceptors (Lipinski definition) is 2. The van der Waals surface area contributed by atoms with Gasteiger partial charge in [0.1, 0.15) is 0 Å². The Balaban J connectivity index is 2.59. The topological polar surface area (TPSA) is 54.4 Å². The van der Waals surface area contributed by atoms with E-state index in [1.165, 1.54) is 0 Å². The van der Waals surface area contributed by atoms with Gasteiger partial charge in [0, 0.05) is 18.4 Å². The summed E-state index contributed by atoms with van der Waals surface area (Å²) in [6.45, 7) is 1.91. The van der Waals surface area contributed by atoms with E-state index in [1.807, 2.05) is 25.1 Å². The highest BCUT2D eigenvalue weighted by atomic mass is 16.4. The number of ketones is 1. The Hall–Kier alpha value is -1.64. The predicted molar refractivity (Wildman–Crippen MR) is 61.4 cm³/mol. The average Bonchev–Trinajstić information content (AvgIpc) is 2.28. The van der Waals surface area contributed by atoms with E-state index in [2.05, 4.69) is 0 Å². The van der Waals surface area contributed by atoms with E-state index in [4.69, 9.17) is 5.11 Å². The predicted octanol–water partition coefficient (Wildman–Crippen LogP) is 2.76. The van der Waals surface area contributed by atoms with E-state index in [0.29, 0.717) is 18.4 Å². The van der Waals surface area contributed by atoms with Gasteiger partial charge >= 0.3 is 5.97 Å². The smallest absolute Gasteiger partial charge is 0.303 e. The maximum Gasteiger partial charge on any atom is 0.303 e. The second kappa shape index (κ2) is 6.05. The van der Waals surface area contributed by atoms with Crippen LogP contribution in [0.1, 0.15) is 36.5 Å². The Bertz CT molecular complexity index is 357. The molecule has 0 bridgehead atoms. The molecule has 0 aliphatic carbocycles. The number of aliphatic carboxylic acids is 1. The van der Waals surface area contributed by atoms with Gasteiger partial charge < -0.3 is 5.11 Å². The third-order valence-electron chi connectivity index (χ3n) is 2.61. The van der Waals surface area contributed by atoms with Gasteiger partial charge in [-0.2, -0.15) is 0 Å². The van der Waals surface area contributed by atoms with Crippen LogP contribution in [-0.4, -0.2) is 16.9 Å². The molecule has 0 spiro atoms. The summed E-state index contributed by atoms with van der Waals surface area (Å²) in [6, 6.07) is 8.99. The number of carbonyl (C=O) groups excluding carboxylic acids is 1. The summed E-state index contributed by atoms with van der Waals surface area (Å²) in [7, 11) is 0. The first-order valence-corrected chi connectivity index (χ1v) is 5.43. The summed E-state index contributed by atoms with van der Waals surface area (Å²) in [5.74, 6) is -0.883. The monoisotopic (exact) mass is 220 g/mol. The molecule has 0 heterocycles. The number of carboxylic acids is 1. The molecule has 0 aliphatic rings. The molecule has 0 aromatic heterocycles. The van der Waals surface area contributed by atoms with Crippen LogP contribution in [0.3, 0.4) is 0 Å². The maximum atomic E-state index is 11.8. The van der Waals surface area contributed by atoms with Gasteiger partial charge in [0.2, 0.25) is 0 Å². The Morgan fingerprint density at radius 2 is 1.81 bits per heavy atom. The molecule has 3 nitrogen and oxygen atoms in total. The second-order valence-corrected chi connectivity index (χ2v) is 3.87. The van der Waals surface area contributed by atoms with E-state index in [-0.39, 0.29) is 18.1 Å². The summed E-state index contributed by atoms with van der Waals surface area (Å²) in [4.78, 5) is 22.4. The molecule has 0 saturated heterocycles. The molecule has 1 rings (SSSR count). The molecule has 1 unspecified atom stereocenters. The van der Waals surface area contributed by atoms with Crippen molar-refractivity contribution >= 4 is 11.8 Å². The van der Waals surface area contributed by atoms with Crippen molar-refractivity contribution in [2.75, 3.05) is 0 Å². The minimum atomic E-state index is -0.840. The fraction of sp³-hybridized carbons (Fsp3) is 0.385. The fourth-order valence-corrected chi connectivity index (χ4v) is 1.61. The highest BCUT2D eigenvalue weighted by Gasteiger charge is 2.16. The van der Waals surface area contributed by atoms with E-state index in [0.717, 1.165) is 0 Å². The van der Waals surface area contributed by atoms with Gasteiger partial charge in [-0.25, -0.2) is 0 Å². The zero-order valence-electron chi connectivity index (χ0n) is 9.35. The molecule has 1 atom stereocenters. The maximum absolute atomic E-state index is 11.8. The Labute approximate surface area is 95.1 Å². The molecule has 86 valence electrons. The van der Waals surface area contributed by atoms with Crippen molar-refractivity contribution in [2.24, 2.45) is 5.92 Å². The molecular formula is C13H16O3. The lowest BCUT2D eigenvalue weighted by molar-refractivity contribution is -0.138. The van der Waals surface area contributed by atoms with Gasteiger partial charge in [0.15, 0.2) is 5.78 Å². The Morgan fingerprint density at radius 1 is 1.19 bits per heavy atom. The molecule has 1 aromatic rings. The van der Waals surface area contributed by atoms with Crippen molar-refractivity contribution in [2.45, 2.75) is 26.2 Å². The molecule has 0 fully saturated rings. The quantitative estimate of drug-likeness (QED) is 0.750. The number of carbonyl (C=O) groups is 2. The van der Waals surface area contributed by atoms with Crippen LogP contribution in [0.2, 0.25) is 0 Å². The number of carboxylic acid groups (broad SMARTS) is 1. The average molecular weight is 220 g/mol. The lowest BCUT2D eigenvalue weighted by Gasteiger charge is -2.10. The van der Waals surface area contributed by atoms with E-state index in [1.54, 1.807) is 12.1 Å². The van der Waals surface area contributed by atoms with Crippen LogP contribution >= 0.6 is 0 Å². The van der Waals surface area contributed by atoms with Crippen LogP contribution in [0.5, 0.6) is 0 Å². The number of rotatable bonds is 6. The van der Waals surface area contributed by atoms with Crippen molar-refractivity contribution in [1.82, 2.24) is 0 Å². The Morgan fingerprint density at radius 3 is 2.31 bits per heavy atom. The number of benzene rings is 1. The van der Waals surface area contributed by atoms with Gasteiger partial charge in [-0.3, -0.25) is 9.59 Å². The zero-order valence-corrected chi connectivity index (χ0v) is 9.35. The summed E-state index contributed by atoms with van der Waals surface area (Å²) >= 11 is 0. The van der Waals surface area contributed by atoms with Crippen LogP contribution in [0, 0.1) is 5.92 Å². The lowest BCUT2D eigenvalue weighted by Crippen LogP contribution is -2.12. The van der Waals surface area contributed by atoms with Crippen LogP contribution < -0.4 is 0 Å². The molecular weight excluding hydrogens is 204 g/mol. The van der Waals surface area contributed by atoms with Crippen LogP contribution in [-0.2, 0) is 4.79 Å². The SMILES string of the molecule is CCC(CC(=O)O)CC(=O)c1ccccc1. The molecule has 1 N–H and O–H groups in total. The summed E-state index contributed by atoms with van der Waals surface area (Å²) < 4.78 is 0. The van der Waals surface area contributed by atoms with Crippen molar-refractivity contribution in [3.63, 3.8) is 0 Å².